The average Bonchev–Trinajstić information content (AvgIpc) is 2.82. The number of aryl methyl sites for hydroxylation is 2. The Balaban J connectivity index is 1.90. The van der Waals surface area contributed by atoms with Crippen LogP contribution in [0.15, 0.2) is 71.6 Å². The highest BCUT2D eigenvalue weighted by molar-refractivity contribution is 7.92. The number of benzene rings is 3. The number of hydrogen-bond acceptors (Lipinski definition) is 5. The standard InChI is InChI=1S/C26H30N2O5S/c1-5-33-22-8-6-7-21(16-22)17-27-26(29)18-28(24-15-20(3)11-14-25(24)32-4)34(30,31)23-12-9-19(2)10-13-23/h6-16H,5,17-18H2,1-4H3,(H,27,29). The van der Waals surface area contributed by atoms with Crippen molar-refractivity contribution < 1.29 is 22.7 Å². The van der Waals surface area contributed by atoms with E-state index in [4.69, 9.17) is 9.47 Å². The van der Waals surface area contributed by atoms with Gasteiger partial charge in [0.15, 0.2) is 0 Å². The molecule has 0 aliphatic heterocycles. The van der Waals surface area contributed by atoms with E-state index in [1.54, 1.807) is 24.3 Å². The fourth-order valence-electron chi connectivity index (χ4n) is 3.43. The minimum Gasteiger partial charge on any atom is -0.495 e. The second kappa shape index (κ2) is 11.1. The van der Waals surface area contributed by atoms with Crippen molar-refractivity contribution in [1.29, 1.82) is 0 Å². The minimum absolute atomic E-state index is 0.0962. The molecule has 180 valence electrons. The van der Waals surface area contributed by atoms with Crippen molar-refractivity contribution in [2.45, 2.75) is 32.2 Å². The maximum Gasteiger partial charge on any atom is 0.264 e. The number of hydrogen-bond donors (Lipinski definition) is 1. The molecule has 34 heavy (non-hydrogen) atoms. The van der Waals surface area contributed by atoms with Crippen LogP contribution in [0.5, 0.6) is 11.5 Å². The molecule has 0 saturated carbocycles. The van der Waals surface area contributed by atoms with Gasteiger partial charge in [-0.1, -0.05) is 35.9 Å². The summed E-state index contributed by atoms with van der Waals surface area (Å²) in [5.74, 6) is 0.627. The van der Waals surface area contributed by atoms with Gasteiger partial charge in [0.2, 0.25) is 5.91 Å². The predicted molar refractivity (Wildman–Crippen MR) is 133 cm³/mol. The van der Waals surface area contributed by atoms with Crippen LogP contribution >= 0.6 is 0 Å². The number of amides is 1. The van der Waals surface area contributed by atoms with Gasteiger partial charge in [0.05, 0.1) is 24.3 Å². The van der Waals surface area contributed by atoms with Crippen LogP contribution < -0.4 is 19.1 Å². The molecule has 0 aromatic heterocycles. The Labute approximate surface area is 201 Å². The summed E-state index contributed by atoms with van der Waals surface area (Å²) in [6, 6.07) is 19.1. The average molecular weight is 483 g/mol. The number of ether oxygens (including phenoxy) is 2. The quantitative estimate of drug-likeness (QED) is 0.468. The van der Waals surface area contributed by atoms with Crippen molar-refractivity contribution in [2.75, 3.05) is 24.6 Å². The maximum absolute atomic E-state index is 13.6. The van der Waals surface area contributed by atoms with Crippen LogP contribution in [-0.2, 0) is 21.4 Å². The molecule has 8 heteroatoms. The molecule has 0 aliphatic carbocycles. The zero-order valence-corrected chi connectivity index (χ0v) is 20.7. The molecule has 7 nitrogen and oxygen atoms in total. The van der Waals surface area contributed by atoms with Crippen LogP contribution in [0.2, 0.25) is 0 Å². The molecule has 0 aliphatic rings. The number of carbonyl (C=O) groups is 1. The van der Waals surface area contributed by atoms with Gasteiger partial charge in [-0.3, -0.25) is 9.10 Å². The predicted octanol–water partition coefficient (Wildman–Crippen LogP) is 4.22. The van der Waals surface area contributed by atoms with E-state index in [0.29, 0.717) is 23.8 Å². The van der Waals surface area contributed by atoms with Gasteiger partial charge < -0.3 is 14.8 Å². The topological polar surface area (TPSA) is 84.9 Å². The first-order chi connectivity index (χ1) is 16.2. The smallest absolute Gasteiger partial charge is 0.264 e. The SMILES string of the molecule is CCOc1cccc(CNC(=O)CN(c2cc(C)ccc2OC)S(=O)(=O)c2ccc(C)cc2)c1. The van der Waals surface area contributed by atoms with E-state index in [2.05, 4.69) is 5.32 Å². The lowest BCUT2D eigenvalue weighted by Gasteiger charge is -2.26. The second-order valence-electron chi connectivity index (χ2n) is 7.86. The van der Waals surface area contributed by atoms with Gasteiger partial charge in [-0.05, 0) is 68.3 Å². The Bertz CT molecular complexity index is 1240. The highest BCUT2D eigenvalue weighted by Crippen LogP contribution is 2.33. The summed E-state index contributed by atoms with van der Waals surface area (Å²) < 4.78 is 39.3. The molecule has 1 amide bonds. The van der Waals surface area contributed by atoms with Gasteiger partial charge >= 0.3 is 0 Å². The molecular formula is C26H30N2O5S. The second-order valence-corrected chi connectivity index (χ2v) is 9.72. The molecule has 0 spiro atoms. The van der Waals surface area contributed by atoms with E-state index in [1.165, 1.54) is 19.2 Å². The highest BCUT2D eigenvalue weighted by atomic mass is 32.2. The van der Waals surface area contributed by atoms with Gasteiger partial charge in [-0.2, -0.15) is 0 Å². The Morgan fingerprint density at radius 3 is 2.35 bits per heavy atom. The third kappa shape index (κ3) is 6.08. The summed E-state index contributed by atoms with van der Waals surface area (Å²) in [7, 11) is -2.57. The van der Waals surface area contributed by atoms with Crippen LogP contribution in [0.3, 0.4) is 0 Å². The fourth-order valence-corrected chi connectivity index (χ4v) is 4.85. The maximum atomic E-state index is 13.6. The first-order valence-corrected chi connectivity index (χ1v) is 12.4. The van der Waals surface area contributed by atoms with Crippen LogP contribution in [-0.4, -0.2) is 34.6 Å². The van der Waals surface area contributed by atoms with E-state index in [0.717, 1.165) is 21.0 Å². The lowest BCUT2D eigenvalue weighted by atomic mass is 10.2. The largest absolute Gasteiger partial charge is 0.495 e. The molecule has 3 aromatic carbocycles. The van der Waals surface area contributed by atoms with Crippen molar-refractivity contribution in [3.8, 4) is 11.5 Å². The van der Waals surface area contributed by atoms with E-state index in [1.807, 2.05) is 51.1 Å². The lowest BCUT2D eigenvalue weighted by Crippen LogP contribution is -2.41. The lowest BCUT2D eigenvalue weighted by molar-refractivity contribution is -0.119. The van der Waals surface area contributed by atoms with Gasteiger partial charge in [0.25, 0.3) is 10.0 Å². The zero-order valence-electron chi connectivity index (χ0n) is 19.9. The van der Waals surface area contributed by atoms with Crippen molar-refractivity contribution in [1.82, 2.24) is 5.32 Å². The van der Waals surface area contributed by atoms with Crippen LogP contribution in [0.25, 0.3) is 0 Å². The summed E-state index contributed by atoms with van der Waals surface area (Å²) in [4.78, 5) is 13.0. The summed E-state index contributed by atoms with van der Waals surface area (Å²) in [5.41, 5.74) is 2.93. The Kier molecular flexibility index (Phi) is 8.17. The Morgan fingerprint density at radius 2 is 1.68 bits per heavy atom. The normalized spacial score (nSPS) is 11.1. The molecule has 0 radical (unpaired) electrons. The van der Waals surface area contributed by atoms with Gasteiger partial charge in [-0.15, -0.1) is 0 Å². The molecule has 0 bridgehead atoms. The monoisotopic (exact) mass is 482 g/mol. The molecule has 3 rings (SSSR count). The first-order valence-electron chi connectivity index (χ1n) is 11.0. The van der Waals surface area contributed by atoms with E-state index >= 15 is 0 Å². The number of anilines is 1. The first kappa shape index (κ1) is 25.1. The van der Waals surface area contributed by atoms with Crippen LogP contribution in [0.4, 0.5) is 5.69 Å². The molecular weight excluding hydrogens is 452 g/mol. The molecule has 1 N–H and O–H groups in total. The van der Waals surface area contributed by atoms with E-state index in [-0.39, 0.29) is 11.4 Å². The van der Waals surface area contributed by atoms with Crippen LogP contribution in [0, 0.1) is 13.8 Å². The molecule has 0 fully saturated rings. The van der Waals surface area contributed by atoms with E-state index < -0.39 is 22.5 Å². The van der Waals surface area contributed by atoms with E-state index in [9.17, 15) is 13.2 Å². The van der Waals surface area contributed by atoms with Crippen LogP contribution in [0.1, 0.15) is 23.6 Å². The summed E-state index contributed by atoms with van der Waals surface area (Å²) >= 11 is 0. The number of nitrogens with zero attached hydrogens (tertiary/aromatic N) is 1. The van der Waals surface area contributed by atoms with Crippen molar-refractivity contribution >= 4 is 21.6 Å². The number of carbonyl (C=O) groups excluding carboxylic acids is 1. The third-order valence-corrected chi connectivity index (χ3v) is 6.97. The zero-order chi connectivity index (χ0) is 24.7. The third-order valence-electron chi connectivity index (χ3n) is 5.20. The number of nitrogens with one attached hydrogen (secondary N) is 1. The Hall–Kier alpha value is -3.52. The van der Waals surface area contributed by atoms with Gasteiger partial charge in [-0.25, -0.2) is 8.42 Å². The molecule has 0 unspecified atom stereocenters. The van der Waals surface area contributed by atoms with Crippen molar-refractivity contribution in [2.24, 2.45) is 0 Å². The fraction of sp³-hybridized carbons (Fsp3) is 0.269. The van der Waals surface area contributed by atoms with Gasteiger partial charge in [0, 0.05) is 6.54 Å². The summed E-state index contributed by atoms with van der Waals surface area (Å²) in [5, 5.41) is 2.81. The van der Waals surface area contributed by atoms with Crippen molar-refractivity contribution in [3.05, 3.63) is 83.4 Å². The number of methoxy groups -OCH3 is 1. The molecule has 0 atom stereocenters. The van der Waals surface area contributed by atoms with Gasteiger partial charge in [0.1, 0.15) is 18.0 Å². The number of rotatable bonds is 10. The minimum atomic E-state index is -4.04. The molecule has 0 heterocycles. The summed E-state index contributed by atoms with van der Waals surface area (Å²) in [6.07, 6.45) is 0. The highest BCUT2D eigenvalue weighted by Gasteiger charge is 2.29. The molecule has 3 aromatic rings. The Morgan fingerprint density at radius 1 is 0.971 bits per heavy atom. The molecule has 0 saturated heterocycles. The number of sulfonamides is 1. The van der Waals surface area contributed by atoms with Crippen molar-refractivity contribution in [3.63, 3.8) is 0 Å². The summed E-state index contributed by atoms with van der Waals surface area (Å²) in [6.45, 7) is 6.01.